The van der Waals surface area contributed by atoms with Crippen molar-refractivity contribution in [2.75, 3.05) is 0 Å². The molecule has 0 aliphatic rings. The molecule has 0 saturated carbocycles. The van der Waals surface area contributed by atoms with Gasteiger partial charge in [-0.05, 0) is 12.5 Å². The number of nitro benzene ring substituents is 1. The molecule has 0 fully saturated rings. The molecule has 1 aromatic heterocycles. The average molecular weight is 276 g/mol. The van der Waals surface area contributed by atoms with Gasteiger partial charge in [-0.25, -0.2) is 4.68 Å². The minimum absolute atomic E-state index is 0.0341. The number of nitro groups is 1. The van der Waals surface area contributed by atoms with Crippen LogP contribution in [0, 0.1) is 17.0 Å². The molecular weight excluding hydrogens is 264 g/mol. The molecule has 0 radical (unpaired) electrons. The molecule has 0 atom stereocenters. The van der Waals surface area contributed by atoms with Crippen LogP contribution in [0.1, 0.15) is 17.7 Å². The summed E-state index contributed by atoms with van der Waals surface area (Å²) in [5.41, 5.74) is 1.85. The number of aryl methyl sites for hydroxylation is 2. The van der Waals surface area contributed by atoms with Gasteiger partial charge in [-0.15, -0.1) is 5.10 Å². The molecule has 8 heteroatoms. The summed E-state index contributed by atoms with van der Waals surface area (Å²) >= 11 is 0. The zero-order valence-corrected chi connectivity index (χ0v) is 10.7. The number of aliphatic carboxylic acids is 1. The van der Waals surface area contributed by atoms with Crippen molar-refractivity contribution in [2.45, 2.75) is 19.8 Å². The molecule has 1 heterocycles. The van der Waals surface area contributed by atoms with Crippen LogP contribution >= 0.6 is 0 Å². The topological polar surface area (TPSA) is 111 Å². The van der Waals surface area contributed by atoms with Crippen molar-refractivity contribution in [3.8, 4) is 5.69 Å². The van der Waals surface area contributed by atoms with Gasteiger partial charge in [-0.3, -0.25) is 14.9 Å². The van der Waals surface area contributed by atoms with E-state index >= 15 is 0 Å². The third-order valence-corrected chi connectivity index (χ3v) is 2.79. The Labute approximate surface area is 113 Å². The Morgan fingerprint density at radius 1 is 1.50 bits per heavy atom. The molecule has 0 unspecified atom stereocenters. The van der Waals surface area contributed by atoms with Crippen LogP contribution in [0.5, 0.6) is 0 Å². The van der Waals surface area contributed by atoms with Crippen LogP contribution in [0.4, 0.5) is 5.69 Å². The maximum Gasteiger partial charge on any atom is 0.303 e. The monoisotopic (exact) mass is 276 g/mol. The third kappa shape index (κ3) is 2.97. The Morgan fingerprint density at radius 3 is 2.90 bits per heavy atom. The highest BCUT2D eigenvalue weighted by Crippen LogP contribution is 2.20. The van der Waals surface area contributed by atoms with E-state index in [2.05, 4.69) is 10.3 Å². The fraction of sp³-hybridized carbons (Fsp3) is 0.250. The predicted molar refractivity (Wildman–Crippen MR) is 68.7 cm³/mol. The second-order valence-corrected chi connectivity index (χ2v) is 4.28. The van der Waals surface area contributed by atoms with E-state index in [0.29, 0.717) is 11.4 Å². The summed E-state index contributed by atoms with van der Waals surface area (Å²) in [6.45, 7) is 1.80. The van der Waals surface area contributed by atoms with Gasteiger partial charge in [-0.2, -0.15) is 0 Å². The molecule has 1 aromatic carbocycles. The van der Waals surface area contributed by atoms with Gasteiger partial charge in [0.15, 0.2) is 0 Å². The molecule has 104 valence electrons. The summed E-state index contributed by atoms with van der Waals surface area (Å²) in [6.07, 6.45) is 1.81. The van der Waals surface area contributed by atoms with Crippen molar-refractivity contribution in [1.29, 1.82) is 0 Å². The van der Waals surface area contributed by atoms with Gasteiger partial charge in [0.1, 0.15) is 0 Å². The van der Waals surface area contributed by atoms with Crippen LogP contribution in [-0.4, -0.2) is 31.0 Å². The van der Waals surface area contributed by atoms with Crippen LogP contribution in [0.15, 0.2) is 24.4 Å². The summed E-state index contributed by atoms with van der Waals surface area (Å²) in [5, 5.41) is 27.1. The van der Waals surface area contributed by atoms with Gasteiger partial charge in [0.05, 0.1) is 28.9 Å². The van der Waals surface area contributed by atoms with E-state index in [0.717, 1.165) is 5.56 Å². The first-order valence-corrected chi connectivity index (χ1v) is 5.86. The van der Waals surface area contributed by atoms with Crippen molar-refractivity contribution in [1.82, 2.24) is 15.0 Å². The number of carbonyl (C=O) groups is 1. The number of carboxylic acids is 1. The molecule has 0 aliphatic heterocycles. The number of nitrogens with zero attached hydrogens (tertiary/aromatic N) is 4. The molecule has 0 amide bonds. The first-order valence-electron chi connectivity index (χ1n) is 5.86. The number of non-ortho nitro benzene ring substituents is 1. The smallest absolute Gasteiger partial charge is 0.303 e. The average Bonchev–Trinajstić information content (AvgIpc) is 2.85. The van der Waals surface area contributed by atoms with Gasteiger partial charge in [0.2, 0.25) is 0 Å². The van der Waals surface area contributed by atoms with Crippen LogP contribution in [0.3, 0.4) is 0 Å². The van der Waals surface area contributed by atoms with Gasteiger partial charge in [0.25, 0.3) is 5.69 Å². The van der Waals surface area contributed by atoms with Crippen LogP contribution in [-0.2, 0) is 11.2 Å². The summed E-state index contributed by atoms with van der Waals surface area (Å²) < 4.78 is 1.42. The minimum atomic E-state index is -0.911. The Balaban J connectivity index is 2.29. The standard InChI is InChI=1S/C12H12N4O4/c1-8-2-4-10(16(19)20)6-11(8)15-7-9(13-14-15)3-5-12(17)18/h2,4,6-7H,3,5H2,1H3,(H,17,18). The molecule has 2 rings (SSSR count). The Hall–Kier alpha value is -2.77. The fourth-order valence-electron chi connectivity index (χ4n) is 1.72. The summed E-state index contributed by atoms with van der Waals surface area (Å²) in [7, 11) is 0. The molecule has 8 nitrogen and oxygen atoms in total. The normalized spacial score (nSPS) is 10.4. The Morgan fingerprint density at radius 2 is 2.25 bits per heavy atom. The lowest BCUT2D eigenvalue weighted by atomic mass is 10.2. The van der Waals surface area contributed by atoms with Crippen LogP contribution in [0.25, 0.3) is 5.69 Å². The summed E-state index contributed by atoms with van der Waals surface area (Å²) in [5.74, 6) is -0.911. The van der Waals surface area contributed by atoms with E-state index in [4.69, 9.17) is 5.11 Å². The molecule has 1 N–H and O–H groups in total. The lowest BCUT2D eigenvalue weighted by Gasteiger charge is -2.04. The molecule has 0 aliphatic carbocycles. The maximum atomic E-state index is 10.8. The lowest BCUT2D eigenvalue weighted by molar-refractivity contribution is -0.384. The van der Waals surface area contributed by atoms with Crippen molar-refractivity contribution in [3.63, 3.8) is 0 Å². The van der Waals surface area contributed by atoms with Crippen molar-refractivity contribution < 1.29 is 14.8 Å². The highest BCUT2D eigenvalue weighted by atomic mass is 16.6. The van der Waals surface area contributed by atoms with E-state index in [1.54, 1.807) is 19.2 Å². The Bertz CT molecular complexity index is 665. The molecule has 20 heavy (non-hydrogen) atoms. The fourth-order valence-corrected chi connectivity index (χ4v) is 1.72. The zero-order valence-electron chi connectivity index (χ0n) is 10.7. The first kappa shape index (κ1) is 13.7. The molecule has 2 aromatic rings. The number of hydrogen-bond acceptors (Lipinski definition) is 5. The molecule has 0 bridgehead atoms. The lowest BCUT2D eigenvalue weighted by Crippen LogP contribution is -1.99. The SMILES string of the molecule is Cc1ccc([N+](=O)[O-])cc1-n1cc(CCC(=O)O)nn1. The maximum absolute atomic E-state index is 10.8. The van der Waals surface area contributed by atoms with Crippen LogP contribution < -0.4 is 0 Å². The zero-order chi connectivity index (χ0) is 14.7. The van der Waals surface area contributed by atoms with Gasteiger partial charge in [-0.1, -0.05) is 11.3 Å². The number of benzene rings is 1. The third-order valence-electron chi connectivity index (χ3n) is 2.79. The second-order valence-electron chi connectivity index (χ2n) is 4.28. The summed E-state index contributed by atoms with van der Waals surface area (Å²) in [6, 6.07) is 4.46. The Kier molecular flexibility index (Phi) is 3.74. The first-order chi connectivity index (χ1) is 9.47. The van der Waals surface area contributed by atoms with Gasteiger partial charge in [0, 0.05) is 18.6 Å². The van der Waals surface area contributed by atoms with Gasteiger partial charge >= 0.3 is 5.97 Å². The number of rotatable bonds is 5. The van der Waals surface area contributed by atoms with E-state index in [-0.39, 0.29) is 18.5 Å². The molecular formula is C12H12N4O4. The van der Waals surface area contributed by atoms with E-state index in [1.165, 1.54) is 16.8 Å². The number of aromatic nitrogens is 3. The van der Waals surface area contributed by atoms with E-state index in [9.17, 15) is 14.9 Å². The predicted octanol–water partition coefficient (Wildman–Crippen LogP) is 1.50. The molecule has 0 spiro atoms. The van der Waals surface area contributed by atoms with Gasteiger partial charge < -0.3 is 5.11 Å². The highest BCUT2D eigenvalue weighted by Gasteiger charge is 2.12. The summed E-state index contributed by atoms with van der Waals surface area (Å²) in [4.78, 5) is 20.8. The molecule has 0 saturated heterocycles. The minimum Gasteiger partial charge on any atom is -0.481 e. The number of hydrogen-bond donors (Lipinski definition) is 1. The van der Waals surface area contributed by atoms with Crippen molar-refractivity contribution >= 4 is 11.7 Å². The largest absolute Gasteiger partial charge is 0.481 e. The highest BCUT2D eigenvalue weighted by molar-refractivity contribution is 5.66. The van der Waals surface area contributed by atoms with E-state index in [1.807, 2.05) is 0 Å². The van der Waals surface area contributed by atoms with Crippen molar-refractivity contribution in [2.24, 2.45) is 0 Å². The second kappa shape index (κ2) is 5.47. The van der Waals surface area contributed by atoms with Crippen LogP contribution in [0.2, 0.25) is 0 Å². The van der Waals surface area contributed by atoms with Crippen molar-refractivity contribution in [3.05, 3.63) is 45.8 Å². The quantitative estimate of drug-likeness (QED) is 0.654. The number of carboxylic acid groups (broad SMARTS) is 1. The van der Waals surface area contributed by atoms with E-state index < -0.39 is 10.9 Å².